The molecule has 4 fully saturated rings. The monoisotopic (exact) mass is 1080 g/mol. The molecule has 4 saturated heterocycles. The lowest BCUT2D eigenvalue weighted by molar-refractivity contribution is -0.294. The Bertz CT molecular complexity index is 2290. The molecule has 4 aliphatic heterocycles. The Hall–Kier alpha value is -3.30. The first kappa shape index (κ1) is 51.6. The minimum atomic E-state index is -0.799. The van der Waals surface area contributed by atoms with Gasteiger partial charge in [-0.1, -0.05) is 167 Å². The summed E-state index contributed by atoms with van der Waals surface area (Å²) in [6.45, 7) is 7.67. The molecule has 0 amide bonds. The van der Waals surface area contributed by atoms with Crippen molar-refractivity contribution in [3.63, 3.8) is 0 Å². The second kappa shape index (κ2) is 25.6. The summed E-state index contributed by atoms with van der Waals surface area (Å²) in [5.41, 5.74) is 4.78. The van der Waals surface area contributed by atoms with Gasteiger partial charge in [-0.25, -0.2) is 0 Å². The molecule has 4 heterocycles. The molecule has 0 aliphatic carbocycles. The van der Waals surface area contributed by atoms with Gasteiger partial charge in [0.25, 0.3) is 0 Å². The number of hydrogen-bond donors (Lipinski definition) is 0. The number of fused-ring (bicyclic) bond motifs is 3. The zero-order valence-corrected chi connectivity index (χ0v) is 43.8. The van der Waals surface area contributed by atoms with Gasteiger partial charge in [0.2, 0.25) is 0 Å². The largest absolute Gasteiger partial charge is 0.374 e. The molecule has 4 aliphatic rings. The van der Waals surface area contributed by atoms with Crippen LogP contribution >= 0.6 is 31.9 Å². The molecule has 374 valence electrons. The van der Waals surface area contributed by atoms with Gasteiger partial charge in [-0.3, -0.25) is 0 Å². The van der Waals surface area contributed by atoms with Gasteiger partial charge < -0.3 is 42.6 Å². The van der Waals surface area contributed by atoms with E-state index in [2.05, 4.69) is 143 Å². The molecule has 11 heteroatoms. The molecule has 0 aromatic heterocycles. The van der Waals surface area contributed by atoms with Crippen LogP contribution in [0.5, 0.6) is 0 Å². The number of halogens is 2. The Morgan fingerprint density at radius 1 is 0.471 bits per heavy atom. The van der Waals surface area contributed by atoms with Crippen LogP contribution in [0, 0.1) is 5.92 Å². The maximum absolute atomic E-state index is 7.55. The maximum atomic E-state index is 7.55. The van der Waals surface area contributed by atoms with E-state index in [4.69, 9.17) is 42.6 Å². The minimum Gasteiger partial charge on any atom is -0.374 e. The highest BCUT2D eigenvalue weighted by Gasteiger charge is 2.57. The maximum Gasteiger partial charge on any atom is 0.118 e. The van der Waals surface area contributed by atoms with E-state index in [1.54, 1.807) is 0 Å². The van der Waals surface area contributed by atoms with Crippen LogP contribution < -0.4 is 0 Å². The Morgan fingerprint density at radius 3 is 1.53 bits per heavy atom. The van der Waals surface area contributed by atoms with Gasteiger partial charge >= 0.3 is 0 Å². The molecule has 5 aromatic carbocycles. The van der Waals surface area contributed by atoms with Crippen molar-refractivity contribution in [2.45, 2.75) is 165 Å². The van der Waals surface area contributed by atoms with Crippen molar-refractivity contribution in [3.05, 3.63) is 176 Å². The summed E-state index contributed by atoms with van der Waals surface area (Å²) in [5, 5.41) is 0. The molecule has 5 aromatic rings. The number of rotatable bonds is 17. The SMILES string of the molecule is C[C@@H]1C[C@H](OCc2ccc(Br)cc2)[C@@H](COCc2ccc(Br)cc2)O[C@H]2C[C@H]3O[C@H]4CCCC[C@@H](OCc5ccccc5)[C@H](COCc5ccccc5)O[C@@H]4C[C@@H](OCc4ccccc4)[C@]3(C)O[C@@H]2C1. The van der Waals surface area contributed by atoms with Crippen LogP contribution in [0.3, 0.4) is 0 Å². The molecule has 0 N–H and O–H groups in total. The minimum absolute atomic E-state index is 0.178. The van der Waals surface area contributed by atoms with E-state index in [1.807, 2.05) is 42.5 Å². The Kier molecular flexibility index (Phi) is 18.9. The smallest absolute Gasteiger partial charge is 0.118 e. The van der Waals surface area contributed by atoms with Crippen molar-refractivity contribution in [2.24, 2.45) is 5.92 Å². The standard InChI is InChI=1S/C59H70Br2O9/c1-41-30-51(65-37-46-24-28-48(61)29-25-46)56(40-63-35-45-22-26-47(60)27-23-45)68-53-33-58-59(2,70-54(53)31-41)57(66-38-44-18-10-5-11-19-44)32-52-50(69-58)21-13-12-20-49(64-36-43-16-8-4-9-17-43)55(67-52)39-62-34-42-14-6-3-7-15-42/h3-11,14-19,22-29,41,49-58H,12-13,20-21,30-40H2,1-2H3/t41-,49-,50+,51+,52-,53+,54-,55+,56-,57-,58-,59+/m1/s1. The van der Waals surface area contributed by atoms with Crippen molar-refractivity contribution >= 4 is 31.9 Å². The second-order valence-corrected chi connectivity index (χ2v) is 21.8. The van der Waals surface area contributed by atoms with Gasteiger partial charge in [-0.05, 0) is 90.6 Å². The van der Waals surface area contributed by atoms with Crippen LogP contribution in [0.25, 0.3) is 0 Å². The lowest BCUT2D eigenvalue weighted by Crippen LogP contribution is -2.63. The summed E-state index contributed by atoms with van der Waals surface area (Å²) < 4.78 is 65.7. The highest BCUT2D eigenvalue weighted by molar-refractivity contribution is 9.10. The molecule has 0 unspecified atom stereocenters. The van der Waals surface area contributed by atoms with Gasteiger partial charge in [0.1, 0.15) is 17.8 Å². The normalized spacial score (nSPS) is 30.5. The highest BCUT2D eigenvalue weighted by Crippen LogP contribution is 2.46. The first-order valence-electron chi connectivity index (χ1n) is 25.5. The lowest BCUT2D eigenvalue weighted by atomic mass is 9.79. The van der Waals surface area contributed by atoms with Crippen molar-refractivity contribution in [1.82, 2.24) is 0 Å². The molecular weight excluding hydrogens is 1010 g/mol. The zero-order valence-electron chi connectivity index (χ0n) is 40.7. The number of hydrogen-bond acceptors (Lipinski definition) is 9. The van der Waals surface area contributed by atoms with Crippen molar-refractivity contribution < 1.29 is 42.6 Å². The van der Waals surface area contributed by atoms with Gasteiger partial charge in [0, 0.05) is 21.8 Å². The quantitative estimate of drug-likeness (QED) is 0.0904. The van der Waals surface area contributed by atoms with Crippen LogP contribution in [0.2, 0.25) is 0 Å². The molecule has 0 saturated carbocycles. The third-order valence-corrected chi connectivity index (χ3v) is 15.7. The summed E-state index contributed by atoms with van der Waals surface area (Å²) in [6.07, 6.45) is 3.79. The van der Waals surface area contributed by atoms with Crippen LogP contribution in [0.1, 0.15) is 93.0 Å². The van der Waals surface area contributed by atoms with Gasteiger partial charge in [-0.15, -0.1) is 0 Å². The van der Waals surface area contributed by atoms with Crippen molar-refractivity contribution in [3.8, 4) is 0 Å². The van der Waals surface area contributed by atoms with E-state index in [0.717, 1.165) is 75.3 Å². The molecule has 9 rings (SSSR count). The molecule has 0 bridgehead atoms. The summed E-state index contributed by atoms with van der Waals surface area (Å²) in [7, 11) is 0. The number of benzene rings is 5. The Balaban J connectivity index is 0.988. The van der Waals surface area contributed by atoms with Crippen LogP contribution in [-0.2, 0) is 75.7 Å². The van der Waals surface area contributed by atoms with Gasteiger partial charge in [0.05, 0.1) is 95.1 Å². The predicted molar refractivity (Wildman–Crippen MR) is 278 cm³/mol. The van der Waals surface area contributed by atoms with Gasteiger partial charge in [0.15, 0.2) is 0 Å². The fourth-order valence-corrected chi connectivity index (χ4v) is 11.2. The van der Waals surface area contributed by atoms with Crippen molar-refractivity contribution in [1.29, 1.82) is 0 Å². The molecule has 0 radical (unpaired) electrons. The summed E-state index contributed by atoms with van der Waals surface area (Å²) in [5.74, 6) is 0.280. The highest BCUT2D eigenvalue weighted by atomic mass is 79.9. The van der Waals surface area contributed by atoms with Crippen LogP contribution in [0.4, 0.5) is 0 Å². The van der Waals surface area contributed by atoms with E-state index in [9.17, 15) is 0 Å². The fourth-order valence-electron chi connectivity index (χ4n) is 10.7. The van der Waals surface area contributed by atoms with Crippen molar-refractivity contribution in [2.75, 3.05) is 13.2 Å². The van der Waals surface area contributed by atoms with E-state index in [1.165, 1.54) is 0 Å². The van der Waals surface area contributed by atoms with Crippen LogP contribution in [-0.4, -0.2) is 79.9 Å². The summed E-state index contributed by atoms with van der Waals surface area (Å²) in [4.78, 5) is 0. The molecule has 12 atom stereocenters. The van der Waals surface area contributed by atoms with Crippen LogP contribution in [0.15, 0.2) is 148 Å². The van der Waals surface area contributed by atoms with Gasteiger partial charge in [-0.2, -0.15) is 0 Å². The fraction of sp³-hybridized carbons (Fsp3) is 0.492. The topological polar surface area (TPSA) is 83.1 Å². The van der Waals surface area contributed by atoms with E-state index in [-0.39, 0.29) is 67.0 Å². The van der Waals surface area contributed by atoms with E-state index in [0.29, 0.717) is 59.1 Å². The third kappa shape index (κ3) is 14.3. The van der Waals surface area contributed by atoms with E-state index >= 15 is 0 Å². The third-order valence-electron chi connectivity index (χ3n) is 14.6. The average molecular weight is 1080 g/mol. The predicted octanol–water partition coefficient (Wildman–Crippen LogP) is 12.9. The molecule has 9 nitrogen and oxygen atoms in total. The molecule has 0 spiro atoms. The molecule has 70 heavy (non-hydrogen) atoms. The summed E-state index contributed by atoms with van der Waals surface area (Å²) in [6, 6.07) is 47.8. The first-order chi connectivity index (χ1) is 34.2. The van der Waals surface area contributed by atoms with E-state index < -0.39 is 5.60 Å². The molecular formula is C59H70Br2O9. The Morgan fingerprint density at radius 2 is 0.943 bits per heavy atom. The summed E-state index contributed by atoms with van der Waals surface area (Å²) >= 11 is 7.16. The zero-order chi connectivity index (χ0) is 48.1. The first-order valence-corrected chi connectivity index (χ1v) is 27.1. The average Bonchev–Trinajstić information content (AvgIpc) is 3.41. The Labute approximate surface area is 432 Å². The lowest BCUT2D eigenvalue weighted by Gasteiger charge is -2.52. The second-order valence-electron chi connectivity index (χ2n) is 20.0. The number of ether oxygens (including phenoxy) is 9.